The fourth-order valence-corrected chi connectivity index (χ4v) is 3.50. The van der Waals surface area contributed by atoms with Crippen molar-refractivity contribution >= 4 is 11.8 Å². The zero-order valence-electron chi connectivity index (χ0n) is 16.4. The molecule has 1 aliphatic heterocycles. The topological polar surface area (TPSA) is 67.9 Å². The van der Waals surface area contributed by atoms with Crippen molar-refractivity contribution in [2.24, 2.45) is 17.8 Å². The number of ether oxygens (including phenoxy) is 2. The number of carbonyl (C=O) groups excluding carboxylic acids is 2. The van der Waals surface area contributed by atoms with Crippen LogP contribution in [0, 0.1) is 17.8 Å². The van der Waals surface area contributed by atoms with Crippen molar-refractivity contribution in [3.63, 3.8) is 0 Å². The van der Waals surface area contributed by atoms with E-state index in [4.69, 9.17) is 9.47 Å². The molecule has 6 nitrogen and oxygen atoms in total. The van der Waals surface area contributed by atoms with E-state index in [1.807, 2.05) is 6.92 Å². The van der Waals surface area contributed by atoms with Gasteiger partial charge >= 0.3 is 0 Å². The molecule has 6 atom stereocenters. The van der Waals surface area contributed by atoms with Crippen molar-refractivity contribution in [1.29, 1.82) is 0 Å². The second kappa shape index (κ2) is 8.30. The Balaban J connectivity index is 3.22. The Bertz CT molecular complexity index is 454. The second-order valence-electron chi connectivity index (χ2n) is 7.39. The molecule has 140 valence electrons. The number of amides is 2. The summed E-state index contributed by atoms with van der Waals surface area (Å²) >= 11 is 0. The molecule has 0 spiro atoms. The molecule has 1 aliphatic rings. The van der Waals surface area contributed by atoms with Crippen molar-refractivity contribution in [3.8, 4) is 0 Å². The molecule has 0 aromatic carbocycles. The number of hydrogen-bond donors (Lipinski definition) is 1. The average molecular weight is 342 g/mol. The lowest BCUT2D eigenvalue weighted by molar-refractivity contribution is -0.283. The van der Waals surface area contributed by atoms with Crippen LogP contribution in [0.3, 0.4) is 0 Å². The standard InChI is InChI=1S/C18H34N2O4/c1-9-11(2)13(4)16-15(19-14(5)21)12(3)10-18(23-8,24-16)17(22)20(6)7/h11-13,15-16H,9-10H2,1-8H3,(H,19,21)/t11-,12?,13-,15?,16?,18?/m1/s1. The largest absolute Gasteiger partial charge is 0.351 e. The molecule has 0 aromatic heterocycles. The molecular weight excluding hydrogens is 308 g/mol. The molecule has 4 unspecified atom stereocenters. The number of methoxy groups -OCH3 is 1. The van der Waals surface area contributed by atoms with E-state index < -0.39 is 5.79 Å². The van der Waals surface area contributed by atoms with Crippen LogP contribution in [0.5, 0.6) is 0 Å². The van der Waals surface area contributed by atoms with E-state index in [1.54, 1.807) is 14.1 Å². The molecule has 1 saturated heterocycles. The third kappa shape index (κ3) is 4.28. The van der Waals surface area contributed by atoms with Crippen LogP contribution in [0.4, 0.5) is 0 Å². The Morgan fingerprint density at radius 3 is 2.38 bits per heavy atom. The van der Waals surface area contributed by atoms with Gasteiger partial charge in [0.2, 0.25) is 11.7 Å². The van der Waals surface area contributed by atoms with Crippen molar-refractivity contribution in [3.05, 3.63) is 0 Å². The summed E-state index contributed by atoms with van der Waals surface area (Å²) in [4.78, 5) is 25.9. The van der Waals surface area contributed by atoms with Gasteiger partial charge in [-0.1, -0.05) is 34.1 Å². The van der Waals surface area contributed by atoms with E-state index in [0.717, 1.165) is 6.42 Å². The zero-order chi connectivity index (χ0) is 18.7. The van der Waals surface area contributed by atoms with Crippen LogP contribution >= 0.6 is 0 Å². The first-order valence-corrected chi connectivity index (χ1v) is 8.81. The fraction of sp³-hybridized carbons (Fsp3) is 0.889. The first-order valence-electron chi connectivity index (χ1n) is 8.81. The van der Waals surface area contributed by atoms with E-state index in [2.05, 4.69) is 26.1 Å². The molecule has 2 amide bonds. The predicted octanol–water partition coefficient (Wildman–Crippen LogP) is 2.03. The fourth-order valence-electron chi connectivity index (χ4n) is 3.50. The normalized spacial score (nSPS) is 32.8. The maximum absolute atomic E-state index is 12.7. The minimum Gasteiger partial charge on any atom is -0.351 e. The second-order valence-corrected chi connectivity index (χ2v) is 7.39. The van der Waals surface area contributed by atoms with Gasteiger partial charge in [0.25, 0.3) is 5.91 Å². The SMILES string of the molecule is CC[C@@H](C)[C@@H](C)C1OC(OC)(C(=O)N(C)C)CC(C)C1NC(C)=O. The smallest absolute Gasteiger partial charge is 0.282 e. The van der Waals surface area contributed by atoms with Gasteiger partial charge in [-0.05, 0) is 17.8 Å². The number of nitrogens with zero attached hydrogens (tertiary/aromatic N) is 1. The molecule has 0 bridgehead atoms. The minimum atomic E-state index is -1.29. The highest BCUT2D eigenvalue weighted by Crippen LogP contribution is 2.39. The number of hydrogen-bond acceptors (Lipinski definition) is 4. The summed E-state index contributed by atoms with van der Waals surface area (Å²) in [6.07, 6.45) is 1.13. The van der Waals surface area contributed by atoms with Gasteiger partial charge in [-0.25, -0.2) is 0 Å². The lowest BCUT2D eigenvalue weighted by Gasteiger charge is -2.49. The molecule has 0 radical (unpaired) electrons. The number of nitrogens with one attached hydrogen (secondary N) is 1. The van der Waals surface area contributed by atoms with Gasteiger partial charge in [0.1, 0.15) is 0 Å². The summed E-state index contributed by atoms with van der Waals surface area (Å²) in [6, 6.07) is -0.135. The molecular formula is C18H34N2O4. The van der Waals surface area contributed by atoms with Crippen molar-refractivity contribution < 1.29 is 19.1 Å². The molecule has 24 heavy (non-hydrogen) atoms. The summed E-state index contributed by atoms with van der Waals surface area (Å²) < 4.78 is 11.9. The molecule has 6 heteroatoms. The van der Waals surface area contributed by atoms with Crippen LogP contribution in [0.25, 0.3) is 0 Å². The number of carbonyl (C=O) groups is 2. The lowest BCUT2D eigenvalue weighted by atomic mass is 9.77. The Kier molecular flexibility index (Phi) is 7.23. The van der Waals surface area contributed by atoms with Crippen LogP contribution in [-0.2, 0) is 19.1 Å². The first kappa shape index (κ1) is 20.9. The van der Waals surface area contributed by atoms with Gasteiger partial charge in [-0.2, -0.15) is 0 Å². The Hall–Kier alpha value is -1.14. The molecule has 1 heterocycles. The van der Waals surface area contributed by atoms with E-state index >= 15 is 0 Å². The van der Waals surface area contributed by atoms with Gasteiger partial charge < -0.3 is 19.7 Å². The van der Waals surface area contributed by atoms with Gasteiger partial charge in [-0.3, -0.25) is 9.59 Å². The van der Waals surface area contributed by atoms with Gasteiger partial charge in [-0.15, -0.1) is 0 Å². The summed E-state index contributed by atoms with van der Waals surface area (Å²) in [5.74, 6) is -0.924. The van der Waals surface area contributed by atoms with E-state index in [0.29, 0.717) is 12.3 Å². The van der Waals surface area contributed by atoms with Crippen LogP contribution < -0.4 is 5.32 Å². The van der Waals surface area contributed by atoms with E-state index in [-0.39, 0.29) is 35.8 Å². The number of likely N-dealkylation sites (N-methyl/N-ethyl adjacent to an activating group) is 1. The highest BCUT2D eigenvalue weighted by atomic mass is 16.7. The maximum Gasteiger partial charge on any atom is 0.282 e. The molecule has 0 saturated carbocycles. The molecule has 0 aliphatic carbocycles. The zero-order valence-corrected chi connectivity index (χ0v) is 16.4. The molecule has 1 N–H and O–H groups in total. The Morgan fingerprint density at radius 1 is 1.38 bits per heavy atom. The Labute approximate surface area is 146 Å². The van der Waals surface area contributed by atoms with E-state index in [1.165, 1.54) is 18.9 Å². The van der Waals surface area contributed by atoms with Crippen molar-refractivity contribution in [1.82, 2.24) is 10.2 Å². The highest BCUT2D eigenvalue weighted by Gasteiger charge is 2.53. The summed E-state index contributed by atoms with van der Waals surface area (Å²) in [5.41, 5.74) is 0. The third-order valence-corrected chi connectivity index (χ3v) is 5.38. The summed E-state index contributed by atoms with van der Waals surface area (Å²) in [7, 11) is 4.91. The minimum absolute atomic E-state index is 0.0583. The highest BCUT2D eigenvalue weighted by molar-refractivity contribution is 5.83. The Morgan fingerprint density at radius 2 is 1.96 bits per heavy atom. The molecule has 1 fully saturated rings. The van der Waals surface area contributed by atoms with Crippen LogP contribution in [0.2, 0.25) is 0 Å². The predicted molar refractivity (Wildman–Crippen MR) is 93.3 cm³/mol. The summed E-state index contributed by atoms with van der Waals surface area (Å²) in [5, 5.41) is 3.03. The number of rotatable bonds is 6. The van der Waals surface area contributed by atoms with E-state index in [9.17, 15) is 9.59 Å². The first-order chi connectivity index (χ1) is 11.1. The van der Waals surface area contributed by atoms with Crippen LogP contribution in [0.15, 0.2) is 0 Å². The average Bonchev–Trinajstić information content (AvgIpc) is 2.53. The van der Waals surface area contributed by atoms with Crippen molar-refractivity contribution in [2.45, 2.75) is 65.4 Å². The van der Waals surface area contributed by atoms with Gasteiger partial charge in [0.15, 0.2) is 0 Å². The molecule has 1 rings (SSSR count). The van der Waals surface area contributed by atoms with Gasteiger partial charge in [0, 0.05) is 34.5 Å². The monoisotopic (exact) mass is 342 g/mol. The van der Waals surface area contributed by atoms with Crippen molar-refractivity contribution in [2.75, 3.05) is 21.2 Å². The molecule has 0 aromatic rings. The third-order valence-electron chi connectivity index (χ3n) is 5.38. The van der Waals surface area contributed by atoms with Gasteiger partial charge in [0.05, 0.1) is 12.1 Å². The quantitative estimate of drug-likeness (QED) is 0.802. The maximum atomic E-state index is 12.7. The summed E-state index contributed by atoms with van der Waals surface area (Å²) in [6.45, 7) is 9.97. The lowest BCUT2D eigenvalue weighted by Crippen LogP contribution is -2.64. The van der Waals surface area contributed by atoms with Crippen LogP contribution in [-0.4, -0.2) is 55.9 Å². The van der Waals surface area contributed by atoms with Crippen LogP contribution in [0.1, 0.15) is 47.5 Å².